The molecule has 2 rings (SSSR count). The van der Waals surface area contributed by atoms with Crippen LogP contribution in [0.5, 0.6) is 0 Å². The van der Waals surface area contributed by atoms with Crippen LogP contribution in [0.3, 0.4) is 0 Å². The van der Waals surface area contributed by atoms with Crippen molar-refractivity contribution in [3.63, 3.8) is 0 Å². The molecule has 6 heteroatoms. The summed E-state index contributed by atoms with van der Waals surface area (Å²) in [6, 6.07) is 5.13. The Morgan fingerprint density at radius 1 is 1.61 bits per heavy atom. The molecule has 0 saturated carbocycles. The molecule has 1 unspecified atom stereocenters. The SMILES string of the molecule is Nc1cc(C(=O)N2CCOC(CO)C2)ccc1Br. The lowest BCUT2D eigenvalue weighted by atomic mass is 10.1. The van der Waals surface area contributed by atoms with E-state index in [0.29, 0.717) is 30.9 Å². The van der Waals surface area contributed by atoms with Crippen LogP contribution in [0, 0.1) is 0 Å². The Labute approximate surface area is 114 Å². The fourth-order valence-electron chi connectivity index (χ4n) is 1.87. The topological polar surface area (TPSA) is 75.8 Å². The minimum Gasteiger partial charge on any atom is -0.398 e. The first-order chi connectivity index (χ1) is 8.61. The molecule has 1 heterocycles. The fourth-order valence-corrected chi connectivity index (χ4v) is 2.12. The minimum absolute atomic E-state index is 0.0771. The number of carbonyl (C=O) groups excluding carboxylic acids is 1. The summed E-state index contributed by atoms with van der Waals surface area (Å²) in [5.41, 5.74) is 6.84. The van der Waals surface area contributed by atoms with Crippen LogP contribution in [0.25, 0.3) is 0 Å². The van der Waals surface area contributed by atoms with Crippen molar-refractivity contribution in [1.82, 2.24) is 4.90 Å². The molecule has 1 aliphatic heterocycles. The lowest BCUT2D eigenvalue weighted by Crippen LogP contribution is -2.46. The Kier molecular flexibility index (Phi) is 4.21. The van der Waals surface area contributed by atoms with E-state index < -0.39 is 0 Å². The van der Waals surface area contributed by atoms with Crippen molar-refractivity contribution >= 4 is 27.5 Å². The van der Waals surface area contributed by atoms with Crippen molar-refractivity contribution in [2.75, 3.05) is 32.0 Å². The summed E-state index contributed by atoms with van der Waals surface area (Å²) in [6.45, 7) is 1.31. The number of amides is 1. The summed E-state index contributed by atoms with van der Waals surface area (Å²) < 4.78 is 6.08. The third-order valence-corrected chi connectivity index (χ3v) is 3.59. The van der Waals surface area contributed by atoms with E-state index in [-0.39, 0.29) is 18.6 Å². The monoisotopic (exact) mass is 314 g/mol. The summed E-state index contributed by atoms with van der Waals surface area (Å²) in [5.74, 6) is -0.0871. The molecule has 5 nitrogen and oxygen atoms in total. The number of nitrogens with zero attached hydrogens (tertiary/aromatic N) is 1. The second kappa shape index (κ2) is 5.69. The zero-order valence-corrected chi connectivity index (χ0v) is 11.4. The summed E-state index contributed by atoms with van der Waals surface area (Å²) in [7, 11) is 0. The number of benzene rings is 1. The average Bonchev–Trinajstić information content (AvgIpc) is 2.41. The summed E-state index contributed by atoms with van der Waals surface area (Å²) >= 11 is 3.29. The van der Waals surface area contributed by atoms with Crippen molar-refractivity contribution in [3.8, 4) is 0 Å². The third-order valence-electron chi connectivity index (χ3n) is 2.87. The highest BCUT2D eigenvalue weighted by Crippen LogP contribution is 2.21. The van der Waals surface area contributed by atoms with Gasteiger partial charge >= 0.3 is 0 Å². The Bertz CT molecular complexity index is 453. The van der Waals surface area contributed by atoms with Gasteiger partial charge in [-0.1, -0.05) is 0 Å². The van der Waals surface area contributed by atoms with E-state index in [1.807, 2.05) is 0 Å². The zero-order chi connectivity index (χ0) is 13.1. The number of nitrogens with two attached hydrogens (primary N) is 1. The van der Waals surface area contributed by atoms with Gasteiger partial charge in [0.25, 0.3) is 5.91 Å². The van der Waals surface area contributed by atoms with Gasteiger partial charge in [-0.3, -0.25) is 4.79 Å². The predicted molar refractivity (Wildman–Crippen MR) is 71.3 cm³/mol. The van der Waals surface area contributed by atoms with Crippen LogP contribution in [0.15, 0.2) is 22.7 Å². The van der Waals surface area contributed by atoms with Gasteiger partial charge in [0.15, 0.2) is 0 Å². The Hall–Kier alpha value is -1.11. The molecule has 1 amide bonds. The van der Waals surface area contributed by atoms with Crippen molar-refractivity contribution in [2.45, 2.75) is 6.10 Å². The first kappa shape index (κ1) is 13.3. The van der Waals surface area contributed by atoms with Crippen molar-refractivity contribution in [3.05, 3.63) is 28.2 Å². The minimum atomic E-state index is -0.296. The van der Waals surface area contributed by atoms with E-state index in [0.717, 1.165) is 4.47 Å². The predicted octanol–water partition coefficient (Wildman–Crippen LogP) is 0.865. The number of hydrogen-bond acceptors (Lipinski definition) is 4. The number of carbonyl (C=O) groups is 1. The van der Waals surface area contributed by atoms with Crippen molar-refractivity contribution in [1.29, 1.82) is 0 Å². The Balaban J connectivity index is 2.12. The highest BCUT2D eigenvalue weighted by atomic mass is 79.9. The molecule has 3 N–H and O–H groups in total. The Morgan fingerprint density at radius 3 is 3.06 bits per heavy atom. The molecule has 18 heavy (non-hydrogen) atoms. The van der Waals surface area contributed by atoms with E-state index in [1.54, 1.807) is 23.1 Å². The Morgan fingerprint density at radius 2 is 2.39 bits per heavy atom. The van der Waals surface area contributed by atoms with Crippen LogP contribution in [0.2, 0.25) is 0 Å². The van der Waals surface area contributed by atoms with Crippen molar-refractivity contribution < 1.29 is 14.6 Å². The van der Waals surface area contributed by atoms with E-state index in [4.69, 9.17) is 15.6 Å². The maximum atomic E-state index is 12.2. The van der Waals surface area contributed by atoms with Gasteiger partial charge in [-0.15, -0.1) is 0 Å². The highest BCUT2D eigenvalue weighted by molar-refractivity contribution is 9.10. The smallest absolute Gasteiger partial charge is 0.254 e. The molecule has 1 aliphatic rings. The van der Waals surface area contributed by atoms with Gasteiger partial charge in [0, 0.05) is 28.8 Å². The summed E-state index contributed by atoms with van der Waals surface area (Å²) in [4.78, 5) is 13.9. The lowest BCUT2D eigenvalue weighted by Gasteiger charge is -2.32. The third kappa shape index (κ3) is 2.82. The fraction of sp³-hybridized carbons (Fsp3) is 0.417. The number of nitrogen functional groups attached to an aromatic ring is 1. The first-order valence-electron chi connectivity index (χ1n) is 5.68. The van der Waals surface area contributed by atoms with E-state index in [2.05, 4.69) is 15.9 Å². The van der Waals surface area contributed by atoms with Crippen LogP contribution < -0.4 is 5.73 Å². The summed E-state index contributed by atoms with van der Waals surface area (Å²) in [6.07, 6.45) is -0.296. The maximum absolute atomic E-state index is 12.2. The largest absolute Gasteiger partial charge is 0.398 e. The standard InChI is InChI=1S/C12H15BrN2O3/c13-10-2-1-8(5-11(10)14)12(17)15-3-4-18-9(6-15)7-16/h1-2,5,9,16H,3-4,6-7,14H2. The van der Waals surface area contributed by atoms with E-state index in [1.165, 1.54) is 0 Å². The lowest BCUT2D eigenvalue weighted by molar-refractivity contribution is -0.0447. The molecular formula is C12H15BrN2O3. The molecule has 1 fully saturated rings. The van der Waals surface area contributed by atoms with Crippen LogP contribution in [-0.4, -0.2) is 48.3 Å². The van der Waals surface area contributed by atoms with Gasteiger partial charge in [-0.2, -0.15) is 0 Å². The number of morpholine rings is 1. The normalized spacial score (nSPS) is 19.9. The first-order valence-corrected chi connectivity index (χ1v) is 6.48. The van der Waals surface area contributed by atoms with Gasteiger partial charge in [-0.25, -0.2) is 0 Å². The molecule has 1 saturated heterocycles. The second-order valence-corrected chi connectivity index (χ2v) is 5.02. The maximum Gasteiger partial charge on any atom is 0.254 e. The number of hydrogen-bond donors (Lipinski definition) is 2. The molecule has 1 aromatic carbocycles. The molecule has 0 aromatic heterocycles. The number of rotatable bonds is 2. The number of halogens is 1. The number of ether oxygens (including phenoxy) is 1. The van der Waals surface area contributed by atoms with Crippen LogP contribution in [0.1, 0.15) is 10.4 Å². The number of anilines is 1. The molecule has 1 aromatic rings. The quantitative estimate of drug-likeness (QED) is 0.794. The van der Waals surface area contributed by atoms with Crippen LogP contribution >= 0.6 is 15.9 Å². The van der Waals surface area contributed by atoms with Gasteiger partial charge in [0.1, 0.15) is 0 Å². The van der Waals surface area contributed by atoms with Crippen LogP contribution in [0.4, 0.5) is 5.69 Å². The second-order valence-electron chi connectivity index (χ2n) is 4.16. The van der Waals surface area contributed by atoms with Gasteiger partial charge in [0.05, 0.1) is 19.3 Å². The number of aliphatic hydroxyl groups excluding tert-OH is 1. The molecule has 98 valence electrons. The molecule has 0 radical (unpaired) electrons. The van der Waals surface area contributed by atoms with Crippen molar-refractivity contribution in [2.24, 2.45) is 0 Å². The van der Waals surface area contributed by atoms with Gasteiger partial charge in [0.2, 0.25) is 0 Å². The highest BCUT2D eigenvalue weighted by Gasteiger charge is 2.24. The molecule has 0 bridgehead atoms. The van der Waals surface area contributed by atoms with Gasteiger partial charge < -0.3 is 20.5 Å². The summed E-state index contributed by atoms with van der Waals surface area (Å²) in [5, 5.41) is 9.05. The molecule has 0 spiro atoms. The molecular weight excluding hydrogens is 300 g/mol. The average molecular weight is 315 g/mol. The molecule has 1 atom stereocenters. The van der Waals surface area contributed by atoms with Gasteiger partial charge in [-0.05, 0) is 34.1 Å². The van der Waals surface area contributed by atoms with Crippen LogP contribution in [-0.2, 0) is 4.74 Å². The molecule has 0 aliphatic carbocycles. The number of aliphatic hydroxyl groups is 1. The van der Waals surface area contributed by atoms with E-state index in [9.17, 15) is 4.79 Å². The zero-order valence-electron chi connectivity index (χ0n) is 9.80. The van der Waals surface area contributed by atoms with E-state index >= 15 is 0 Å².